The van der Waals surface area contributed by atoms with Crippen molar-refractivity contribution in [1.82, 2.24) is 4.90 Å². The van der Waals surface area contributed by atoms with Gasteiger partial charge >= 0.3 is 0 Å². The largest absolute Gasteiger partial charge is 0.377 e. The minimum atomic E-state index is -1.59. The Bertz CT molecular complexity index is 647. The average molecular weight is 360 g/mol. The first-order valence-corrected chi connectivity index (χ1v) is 8.14. The minimum Gasteiger partial charge on any atom is -0.377 e. The third-order valence-corrected chi connectivity index (χ3v) is 3.98. The number of hydrogen-bond acceptors (Lipinski definition) is 3. The van der Waals surface area contributed by atoms with Gasteiger partial charge in [-0.1, -0.05) is 25.7 Å². The van der Waals surface area contributed by atoms with E-state index in [0.717, 1.165) is 4.90 Å². The van der Waals surface area contributed by atoms with Crippen molar-refractivity contribution < 1.29 is 22.7 Å². The third-order valence-electron chi connectivity index (χ3n) is 3.98. The van der Waals surface area contributed by atoms with E-state index in [0.29, 0.717) is 13.1 Å². The van der Waals surface area contributed by atoms with Crippen LogP contribution in [0.1, 0.15) is 33.3 Å². The predicted octanol–water partition coefficient (Wildman–Crippen LogP) is 3.14. The lowest BCUT2D eigenvalue weighted by molar-refractivity contribution is 0.0742. The van der Waals surface area contributed by atoms with Gasteiger partial charge in [-0.05, 0) is 26.9 Å². The summed E-state index contributed by atoms with van der Waals surface area (Å²) in [5, 5.41) is 10.3. The number of rotatable bonds is 6. The van der Waals surface area contributed by atoms with Gasteiger partial charge in [0.15, 0.2) is 23.3 Å². The quantitative estimate of drug-likeness (QED) is 0.480. The summed E-state index contributed by atoms with van der Waals surface area (Å²) in [6.07, 6.45) is 0. The summed E-state index contributed by atoms with van der Waals surface area (Å²) in [7, 11) is 1.32. The van der Waals surface area contributed by atoms with Crippen molar-refractivity contribution in [3.05, 3.63) is 28.8 Å². The maximum atomic E-state index is 14.2. The van der Waals surface area contributed by atoms with Crippen molar-refractivity contribution in [2.45, 2.75) is 33.3 Å². The van der Waals surface area contributed by atoms with Crippen molar-refractivity contribution >= 4 is 5.69 Å². The van der Waals surface area contributed by atoms with Gasteiger partial charge in [0.1, 0.15) is 16.9 Å². The number of benzene rings is 1. The van der Waals surface area contributed by atoms with E-state index in [-0.39, 0.29) is 13.1 Å². The summed E-state index contributed by atoms with van der Waals surface area (Å²) in [6, 6.07) is 0. The van der Waals surface area contributed by atoms with E-state index in [2.05, 4.69) is 11.8 Å². The molecule has 25 heavy (non-hydrogen) atoms. The fraction of sp³-hybridized carbons (Fsp3) is 0.556. The normalized spacial score (nSPS) is 13.4. The third kappa shape index (κ3) is 4.86. The standard InChI is InChI=1S/C18H24F4N2O/c1-6-23(5)17-15(21)13(19)12(14(20)16(17)22)9-10-18(4,25)11-24(7-2)8-3/h25H,6-8,11H2,1-5H3. The van der Waals surface area contributed by atoms with Crippen LogP contribution in [-0.4, -0.2) is 48.8 Å². The Balaban J connectivity index is 3.34. The number of likely N-dealkylation sites (N-methyl/N-ethyl adjacent to an activating group) is 1. The monoisotopic (exact) mass is 360 g/mol. The summed E-state index contributed by atoms with van der Waals surface area (Å²) in [5.41, 5.74) is -3.39. The summed E-state index contributed by atoms with van der Waals surface area (Å²) < 4.78 is 56.6. The average Bonchev–Trinajstić information content (AvgIpc) is 2.57. The Hall–Kier alpha value is -1.78. The molecule has 0 radical (unpaired) electrons. The molecule has 0 fully saturated rings. The first kappa shape index (κ1) is 21.3. The highest BCUT2D eigenvalue weighted by Gasteiger charge is 2.27. The van der Waals surface area contributed by atoms with E-state index in [1.165, 1.54) is 14.0 Å². The zero-order valence-electron chi connectivity index (χ0n) is 15.2. The van der Waals surface area contributed by atoms with E-state index in [1.54, 1.807) is 6.92 Å². The molecule has 0 aliphatic rings. The molecule has 1 N–H and O–H groups in total. The Morgan fingerprint density at radius 2 is 1.40 bits per heavy atom. The van der Waals surface area contributed by atoms with Crippen LogP contribution in [0.25, 0.3) is 0 Å². The van der Waals surface area contributed by atoms with Gasteiger partial charge < -0.3 is 14.9 Å². The van der Waals surface area contributed by atoms with E-state index in [1.807, 2.05) is 18.7 Å². The van der Waals surface area contributed by atoms with Gasteiger partial charge in [0.2, 0.25) is 0 Å². The molecule has 0 aliphatic heterocycles. The molecule has 1 aromatic carbocycles. The van der Waals surface area contributed by atoms with Crippen molar-refractivity contribution in [2.75, 3.05) is 38.1 Å². The van der Waals surface area contributed by atoms with Crippen molar-refractivity contribution in [2.24, 2.45) is 0 Å². The summed E-state index contributed by atoms with van der Waals surface area (Å²) in [4.78, 5) is 2.92. The Morgan fingerprint density at radius 3 is 1.80 bits per heavy atom. The van der Waals surface area contributed by atoms with Gasteiger partial charge in [-0.3, -0.25) is 0 Å². The fourth-order valence-electron chi connectivity index (χ4n) is 2.34. The van der Waals surface area contributed by atoms with E-state index >= 15 is 0 Å². The molecule has 1 aromatic rings. The van der Waals surface area contributed by atoms with E-state index < -0.39 is 40.1 Å². The molecule has 7 heteroatoms. The minimum absolute atomic E-state index is 0.137. The lowest BCUT2D eigenvalue weighted by atomic mass is 10.0. The highest BCUT2D eigenvalue weighted by Crippen LogP contribution is 2.30. The molecule has 0 aromatic heterocycles. The molecule has 1 atom stereocenters. The molecule has 0 saturated heterocycles. The Labute approximate surface area is 146 Å². The lowest BCUT2D eigenvalue weighted by Crippen LogP contribution is -2.39. The number of aliphatic hydroxyl groups is 1. The van der Waals surface area contributed by atoms with Gasteiger partial charge in [0.05, 0.1) is 0 Å². The molecular formula is C18H24F4N2O. The number of anilines is 1. The molecule has 0 saturated carbocycles. The maximum Gasteiger partial charge on any atom is 0.186 e. The van der Waals surface area contributed by atoms with Gasteiger partial charge in [-0.25, -0.2) is 17.6 Å². The number of nitrogens with zero attached hydrogens (tertiary/aromatic N) is 2. The molecular weight excluding hydrogens is 336 g/mol. The van der Waals surface area contributed by atoms with Crippen LogP contribution >= 0.6 is 0 Å². The second-order valence-electron chi connectivity index (χ2n) is 5.98. The lowest BCUT2D eigenvalue weighted by Gasteiger charge is -2.26. The van der Waals surface area contributed by atoms with Crippen LogP contribution in [0.4, 0.5) is 23.2 Å². The zero-order chi connectivity index (χ0) is 19.4. The molecule has 0 bridgehead atoms. The van der Waals surface area contributed by atoms with Crippen LogP contribution in [0.5, 0.6) is 0 Å². The summed E-state index contributed by atoms with van der Waals surface area (Å²) in [6.45, 7) is 8.35. The van der Waals surface area contributed by atoms with Crippen LogP contribution < -0.4 is 4.90 Å². The molecule has 0 amide bonds. The number of hydrogen-bond donors (Lipinski definition) is 1. The maximum absolute atomic E-state index is 14.2. The van der Waals surface area contributed by atoms with E-state index in [9.17, 15) is 22.7 Å². The predicted molar refractivity (Wildman–Crippen MR) is 90.5 cm³/mol. The van der Waals surface area contributed by atoms with Crippen LogP contribution in [0, 0.1) is 35.1 Å². The molecule has 0 heterocycles. The Morgan fingerprint density at radius 1 is 0.920 bits per heavy atom. The van der Waals surface area contributed by atoms with Crippen molar-refractivity contribution in [3.8, 4) is 11.8 Å². The smallest absolute Gasteiger partial charge is 0.186 e. The van der Waals surface area contributed by atoms with Gasteiger partial charge in [-0.2, -0.15) is 0 Å². The van der Waals surface area contributed by atoms with Crippen LogP contribution in [0.15, 0.2) is 0 Å². The molecule has 140 valence electrons. The molecule has 0 spiro atoms. The van der Waals surface area contributed by atoms with Crippen LogP contribution in [0.3, 0.4) is 0 Å². The first-order chi connectivity index (χ1) is 11.6. The number of halogens is 4. The van der Waals surface area contributed by atoms with Crippen LogP contribution in [-0.2, 0) is 0 Å². The second-order valence-corrected chi connectivity index (χ2v) is 5.98. The topological polar surface area (TPSA) is 26.7 Å². The highest BCUT2D eigenvalue weighted by molar-refractivity contribution is 5.54. The van der Waals surface area contributed by atoms with Crippen molar-refractivity contribution in [1.29, 1.82) is 0 Å². The van der Waals surface area contributed by atoms with Gasteiger partial charge in [0.25, 0.3) is 0 Å². The SMILES string of the molecule is CCN(CC)CC(C)(O)C#Cc1c(F)c(F)c(N(C)CC)c(F)c1F. The molecule has 1 rings (SSSR count). The van der Waals surface area contributed by atoms with Crippen molar-refractivity contribution in [3.63, 3.8) is 0 Å². The highest BCUT2D eigenvalue weighted by atomic mass is 19.2. The van der Waals surface area contributed by atoms with E-state index in [4.69, 9.17) is 0 Å². The summed E-state index contributed by atoms with van der Waals surface area (Å²) >= 11 is 0. The molecule has 1 unspecified atom stereocenters. The molecule has 0 aliphatic carbocycles. The van der Waals surface area contributed by atoms with Gasteiger partial charge in [-0.15, -0.1) is 0 Å². The first-order valence-electron chi connectivity index (χ1n) is 8.14. The Kier molecular flexibility index (Phi) is 7.27. The second kappa shape index (κ2) is 8.54. The van der Waals surface area contributed by atoms with Gasteiger partial charge in [0, 0.05) is 20.1 Å². The zero-order valence-corrected chi connectivity index (χ0v) is 15.2. The molecule has 3 nitrogen and oxygen atoms in total. The van der Waals surface area contributed by atoms with Crippen LogP contribution in [0.2, 0.25) is 0 Å². The fourth-order valence-corrected chi connectivity index (χ4v) is 2.34. The summed E-state index contributed by atoms with van der Waals surface area (Å²) in [5.74, 6) is -1.77.